The van der Waals surface area contributed by atoms with E-state index in [-0.39, 0.29) is 0 Å². The first kappa shape index (κ1) is 8.30. The second-order valence-electron chi connectivity index (χ2n) is 4.56. The largest absolute Gasteiger partial charge is 0.384 e. The molecule has 2 aliphatic rings. The molecule has 74 valence electrons. The van der Waals surface area contributed by atoms with E-state index >= 15 is 0 Å². The molecule has 2 heterocycles. The summed E-state index contributed by atoms with van der Waals surface area (Å²) in [5.41, 5.74) is 4.69. The zero-order valence-corrected chi connectivity index (χ0v) is 8.56. The fourth-order valence-electron chi connectivity index (χ4n) is 2.82. The maximum Gasteiger partial charge on any atom is 0.0409 e. The summed E-state index contributed by atoms with van der Waals surface area (Å²) in [5.74, 6) is 0. The molecule has 1 spiro atoms. The Kier molecular flexibility index (Phi) is 1.62. The lowest BCUT2D eigenvalue weighted by atomic mass is 9.81. The van der Waals surface area contributed by atoms with Gasteiger partial charge in [-0.05, 0) is 31.0 Å². The van der Waals surface area contributed by atoms with Gasteiger partial charge in [0.2, 0.25) is 0 Å². The Morgan fingerprint density at radius 2 is 2.21 bits per heavy atom. The van der Waals surface area contributed by atoms with Gasteiger partial charge in [0.05, 0.1) is 0 Å². The monoisotopic (exact) mass is 188 g/mol. The van der Waals surface area contributed by atoms with Crippen LogP contribution in [0.3, 0.4) is 0 Å². The van der Waals surface area contributed by atoms with Crippen molar-refractivity contribution in [3.63, 3.8) is 0 Å². The summed E-state index contributed by atoms with van der Waals surface area (Å²) in [4.78, 5) is 0. The number of anilines is 1. The number of aryl methyl sites for hydroxylation is 1. The molecule has 0 amide bonds. The first-order valence-electron chi connectivity index (χ1n) is 5.37. The van der Waals surface area contributed by atoms with Crippen molar-refractivity contribution >= 4 is 5.69 Å². The van der Waals surface area contributed by atoms with E-state index < -0.39 is 0 Å². The third-order valence-corrected chi connectivity index (χ3v) is 3.69. The van der Waals surface area contributed by atoms with Crippen molar-refractivity contribution in [2.24, 2.45) is 0 Å². The predicted octanol–water partition coefficient (Wildman–Crippen LogP) is 1.65. The predicted molar refractivity (Wildman–Crippen MR) is 58.8 cm³/mol. The van der Waals surface area contributed by atoms with Gasteiger partial charge in [0.25, 0.3) is 0 Å². The smallest absolute Gasteiger partial charge is 0.0409 e. The number of nitrogens with one attached hydrogen (secondary N) is 2. The Balaban J connectivity index is 2.14. The Bertz CT molecular complexity index is 365. The van der Waals surface area contributed by atoms with E-state index in [1.807, 2.05) is 0 Å². The summed E-state index contributed by atoms with van der Waals surface area (Å²) in [7, 11) is 0. The Morgan fingerprint density at radius 3 is 3.00 bits per heavy atom. The number of para-hydroxylation sites is 1. The standard InChI is InChI=1S/C12H16N2/c1-9-3-2-4-10-11(9)14-8-12(10)5-6-13-7-12/h2-4,13-14H,5-8H2,1H3. The highest BCUT2D eigenvalue weighted by atomic mass is 15.0. The molecule has 0 bridgehead atoms. The van der Waals surface area contributed by atoms with E-state index in [0.29, 0.717) is 5.41 Å². The molecule has 0 aromatic heterocycles. The van der Waals surface area contributed by atoms with Crippen LogP contribution in [0.25, 0.3) is 0 Å². The van der Waals surface area contributed by atoms with Crippen molar-refractivity contribution in [1.82, 2.24) is 5.32 Å². The average Bonchev–Trinajstić information content (AvgIpc) is 2.78. The van der Waals surface area contributed by atoms with E-state index in [2.05, 4.69) is 35.8 Å². The summed E-state index contributed by atoms with van der Waals surface area (Å²) >= 11 is 0. The Labute approximate surface area is 84.7 Å². The number of hydrogen-bond acceptors (Lipinski definition) is 2. The second kappa shape index (κ2) is 2.74. The summed E-state index contributed by atoms with van der Waals surface area (Å²) in [6.45, 7) is 5.60. The summed E-state index contributed by atoms with van der Waals surface area (Å²) < 4.78 is 0. The third-order valence-electron chi connectivity index (χ3n) is 3.69. The van der Waals surface area contributed by atoms with Gasteiger partial charge in [-0.3, -0.25) is 0 Å². The first-order valence-corrected chi connectivity index (χ1v) is 5.37. The van der Waals surface area contributed by atoms with Crippen LogP contribution in [-0.2, 0) is 5.41 Å². The van der Waals surface area contributed by atoms with Gasteiger partial charge in [0.15, 0.2) is 0 Å². The van der Waals surface area contributed by atoms with Gasteiger partial charge in [0.1, 0.15) is 0 Å². The molecule has 2 heteroatoms. The Hall–Kier alpha value is -1.02. The molecule has 1 aromatic carbocycles. The van der Waals surface area contributed by atoms with E-state index in [4.69, 9.17) is 0 Å². The second-order valence-corrected chi connectivity index (χ2v) is 4.56. The average molecular weight is 188 g/mol. The minimum Gasteiger partial charge on any atom is -0.384 e. The number of rotatable bonds is 0. The van der Waals surface area contributed by atoms with Crippen LogP contribution in [0.1, 0.15) is 17.5 Å². The quantitative estimate of drug-likeness (QED) is 0.647. The summed E-state index contributed by atoms with van der Waals surface area (Å²) in [5, 5.41) is 7.04. The summed E-state index contributed by atoms with van der Waals surface area (Å²) in [6.07, 6.45) is 1.27. The zero-order valence-electron chi connectivity index (χ0n) is 8.56. The molecule has 0 saturated carbocycles. The van der Waals surface area contributed by atoms with Crippen LogP contribution in [0, 0.1) is 6.92 Å². The fourth-order valence-corrected chi connectivity index (χ4v) is 2.82. The third kappa shape index (κ3) is 0.947. The molecule has 3 rings (SSSR count). The van der Waals surface area contributed by atoms with Gasteiger partial charge >= 0.3 is 0 Å². The molecule has 2 aliphatic heterocycles. The highest BCUT2D eigenvalue weighted by Gasteiger charge is 2.41. The van der Waals surface area contributed by atoms with Crippen molar-refractivity contribution in [2.75, 3.05) is 25.0 Å². The zero-order chi connectivity index (χ0) is 9.60. The highest BCUT2D eigenvalue weighted by molar-refractivity contribution is 5.65. The van der Waals surface area contributed by atoms with Crippen LogP contribution in [-0.4, -0.2) is 19.6 Å². The van der Waals surface area contributed by atoms with Crippen LogP contribution in [0.15, 0.2) is 18.2 Å². The normalized spacial score (nSPS) is 29.2. The fraction of sp³-hybridized carbons (Fsp3) is 0.500. The van der Waals surface area contributed by atoms with E-state index in [0.717, 1.165) is 19.6 Å². The van der Waals surface area contributed by atoms with Crippen LogP contribution in [0.4, 0.5) is 5.69 Å². The topological polar surface area (TPSA) is 24.1 Å². The highest BCUT2D eigenvalue weighted by Crippen LogP contribution is 2.42. The molecule has 2 N–H and O–H groups in total. The lowest BCUT2D eigenvalue weighted by molar-refractivity contribution is 0.522. The molecular weight excluding hydrogens is 172 g/mol. The van der Waals surface area contributed by atoms with Crippen molar-refractivity contribution in [3.05, 3.63) is 29.3 Å². The molecule has 1 saturated heterocycles. The SMILES string of the molecule is Cc1cccc2c1NCC21CCNC1. The van der Waals surface area contributed by atoms with Crippen LogP contribution in [0.2, 0.25) is 0 Å². The molecule has 1 fully saturated rings. The van der Waals surface area contributed by atoms with Crippen LogP contribution >= 0.6 is 0 Å². The molecule has 14 heavy (non-hydrogen) atoms. The molecular formula is C12H16N2. The lowest BCUT2D eigenvalue weighted by Gasteiger charge is -2.21. The van der Waals surface area contributed by atoms with E-state index in [9.17, 15) is 0 Å². The van der Waals surface area contributed by atoms with Crippen molar-refractivity contribution in [3.8, 4) is 0 Å². The van der Waals surface area contributed by atoms with Gasteiger partial charge in [-0.15, -0.1) is 0 Å². The van der Waals surface area contributed by atoms with Gasteiger partial charge < -0.3 is 10.6 Å². The molecule has 0 aliphatic carbocycles. The van der Waals surface area contributed by atoms with Gasteiger partial charge in [0, 0.05) is 24.2 Å². The summed E-state index contributed by atoms with van der Waals surface area (Å²) in [6, 6.07) is 6.66. The van der Waals surface area contributed by atoms with Crippen LogP contribution < -0.4 is 10.6 Å². The lowest BCUT2D eigenvalue weighted by Crippen LogP contribution is -2.30. The van der Waals surface area contributed by atoms with E-state index in [1.54, 1.807) is 0 Å². The molecule has 1 aromatic rings. The molecule has 1 atom stereocenters. The number of fused-ring (bicyclic) bond motifs is 2. The van der Waals surface area contributed by atoms with Gasteiger partial charge in [-0.1, -0.05) is 18.2 Å². The maximum absolute atomic E-state index is 3.56. The molecule has 1 unspecified atom stereocenters. The molecule has 0 radical (unpaired) electrons. The van der Waals surface area contributed by atoms with Crippen molar-refractivity contribution < 1.29 is 0 Å². The van der Waals surface area contributed by atoms with Crippen molar-refractivity contribution in [2.45, 2.75) is 18.8 Å². The van der Waals surface area contributed by atoms with Gasteiger partial charge in [-0.25, -0.2) is 0 Å². The number of hydrogen-bond donors (Lipinski definition) is 2. The maximum atomic E-state index is 3.56. The number of benzene rings is 1. The minimum absolute atomic E-state index is 0.390. The Morgan fingerprint density at radius 1 is 1.29 bits per heavy atom. The molecule has 2 nitrogen and oxygen atoms in total. The minimum atomic E-state index is 0.390. The van der Waals surface area contributed by atoms with Crippen molar-refractivity contribution in [1.29, 1.82) is 0 Å². The van der Waals surface area contributed by atoms with Crippen LogP contribution in [0.5, 0.6) is 0 Å². The first-order chi connectivity index (χ1) is 6.82. The van der Waals surface area contributed by atoms with E-state index in [1.165, 1.54) is 23.2 Å². The van der Waals surface area contributed by atoms with Gasteiger partial charge in [-0.2, -0.15) is 0 Å².